The number of methoxy groups -OCH3 is 1. The Hall–Kier alpha value is -2.04. The van der Waals surface area contributed by atoms with Crippen LogP contribution in [0.3, 0.4) is 0 Å². The van der Waals surface area contributed by atoms with E-state index in [1.54, 1.807) is 24.9 Å². The normalized spacial score (nSPS) is 11.2. The van der Waals surface area contributed by atoms with E-state index in [2.05, 4.69) is 5.10 Å². The minimum Gasteiger partial charge on any atom is -0.493 e. The molecule has 0 atom stereocenters. The van der Waals surface area contributed by atoms with Crippen LogP contribution in [0.2, 0.25) is 0 Å². The third-order valence-electron chi connectivity index (χ3n) is 3.47. The van der Waals surface area contributed by atoms with Crippen molar-refractivity contribution in [2.24, 2.45) is 0 Å². The summed E-state index contributed by atoms with van der Waals surface area (Å²) in [4.78, 5) is 12.9. The Morgan fingerprint density at radius 3 is 2.40 bits per heavy atom. The molecule has 2 aromatic rings. The number of carbonyl (C=O) groups excluding carboxylic acids is 1. The van der Waals surface area contributed by atoms with Gasteiger partial charge in [0.1, 0.15) is 11.5 Å². The zero-order valence-electron chi connectivity index (χ0n) is 12.8. The van der Waals surface area contributed by atoms with Gasteiger partial charge in [-0.2, -0.15) is 5.10 Å². The molecule has 0 bridgehead atoms. The van der Waals surface area contributed by atoms with Gasteiger partial charge in [0, 0.05) is 11.6 Å². The first-order valence-corrected chi connectivity index (χ1v) is 6.61. The van der Waals surface area contributed by atoms with E-state index in [0.717, 1.165) is 11.3 Å². The Morgan fingerprint density at radius 2 is 1.95 bits per heavy atom. The van der Waals surface area contributed by atoms with Crippen LogP contribution >= 0.6 is 0 Å². The van der Waals surface area contributed by atoms with Crippen molar-refractivity contribution < 1.29 is 13.9 Å². The van der Waals surface area contributed by atoms with E-state index in [9.17, 15) is 4.79 Å². The second-order valence-corrected chi connectivity index (χ2v) is 5.14. The van der Waals surface area contributed by atoms with Crippen molar-refractivity contribution in [2.75, 3.05) is 7.11 Å². The molecule has 0 aliphatic carbocycles. The first-order chi connectivity index (χ1) is 9.38. The Bertz CT molecular complexity index is 650. The quantitative estimate of drug-likeness (QED) is 0.804. The summed E-state index contributed by atoms with van der Waals surface area (Å²) in [7, 11) is 1.54. The SMILES string of the molecule is COc1cnn(C(C)C)c1C(=O)c1c(C)oc(C)c1C. The van der Waals surface area contributed by atoms with Crippen molar-refractivity contribution in [2.45, 2.75) is 40.7 Å². The zero-order chi connectivity index (χ0) is 15.0. The van der Waals surface area contributed by atoms with Crippen LogP contribution in [0.25, 0.3) is 0 Å². The van der Waals surface area contributed by atoms with Crippen LogP contribution in [0.1, 0.15) is 53.0 Å². The molecule has 2 heterocycles. The molecule has 0 aliphatic heterocycles. The predicted octanol–water partition coefficient (Wildman–Crippen LogP) is 3.22. The van der Waals surface area contributed by atoms with E-state index in [1.165, 1.54) is 0 Å². The molecule has 0 radical (unpaired) electrons. The number of carbonyl (C=O) groups is 1. The lowest BCUT2D eigenvalue weighted by Crippen LogP contribution is -2.15. The smallest absolute Gasteiger partial charge is 0.218 e. The summed E-state index contributed by atoms with van der Waals surface area (Å²) in [5.41, 5.74) is 1.93. The molecule has 0 spiro atoms. The molecule has 20 heavy (non-hydrogen) atoms. The van der Waals surface area contributed by atoms with Crippen LogP contribution in [0, 0.1) is 20.8 Å². The lowest BCUT2D eigenvalue weighted by atomic mass is 10.0. The number of hydrogen-bond donors (Lipinski definition) is 0. The maximum absolute atomic E-state index is 12.9. The number of rotatable bonds is 4. The van der Waals surface area contributed by atoms with Crippen molar-refractivity contribution in [3.63, 3.8) is 0 Å². The number of furan rings is 1. The maximum Gasteiger partial charge on any atom is 0.218 e. The zero-order valence-corrected chi connectivity index (χ0v) is 12.8. The largest absolute Gasteiger partial charge is 0.493 e. The van der Waals surface area contributed by atoms with Crippen LogP contribution in [0.15, 0.2) is 10.6 Å². The summed E-state index contributed by atoms with van der Waals surface area (Å²) in [6.45, 7) is 9.50. The topological polar surface area (TPSA) is 57.3 Å². The van der Waals surface area contributed by atoms with Crippen molar-refractivity contribution in [3.8, 4) is 5.75 Å². The van der Waals surface area contributed by atoms with E-state index in [4.69, 9.17) is 9.15 Å². The summed E-state index contributed by atoms with van der Waals surface area (Å²) in [5.74, 6) is 1.77. The predicted molar refractivity (Wildman–Crippen MR) is 75.5 cm³/mol. The Morgan fingerprint density at radius 1 is 1.30 bits per heavy atom. The van der Waals surface area contributed by atoms with E-state index >= 15 is 0 Å². The third kappa shape index (κ3) is 2.13. The molecule has 0 aliphatic rings. The fourth-order valence-electron chi connectivity index (χ4n) is 2.35. The molecule has 0 amide bonds. The highest BCUT2D eigenvalue weighted by Gasteiger charge is 2.27. The van der Waals surface area contributed by atoms with Gasteiger partial charge in [0.15, 0.2) is 11.4 Å². The van der Waals surface area contributed by atoms with E-state index in [-0.39, 0.29) is 11.8 Å². The Labute approximate surface area is 118 Å². The van der Waals surface area contributed by atoms with Gasteiger partial charge in [-0.15, -0.1) is 0 Å². The van der Waals surface area contributed by atoms with Crippen molar-refractivity contribution >= 4 is 5.78 Å². The van der Waals surface area contributed by atoms with E-state index < -0.39 is 0 Å². The molecule has 2 rings (SSSR count). The molecule has 0 aromatic carbocycles. The molecule has 0 N–H and O–H groups in total. The minimum atomic E-state index is -0.111. The van der Waals surface area contributed by atoms with Gasteiger partial charge >= 0.3 is 0 Å². The van der Waals surface area contributed by atoms with Crippen molar-refractivity contribution in [1.82, 2.24) is 9.78 Å². The molecule has 108 valence electrons. The average Bonchev–Trinajstić information content (AvgIpc) is 2.91. The summed E-state index contributed by atoms with van der Waals surface area (Å²) in [6.07, 6.45) is 1.57. The van der Waals surface area contributed by atoms with E-state index in [0.29, 0.717) is 22.8 Å². The van der Waals surface area contributed by atoms with Crippen LogP contribution in [0.4, 0.5) is 0 Å². The molecule has 5 nitrogen and oxygen atoms in total. The van der Waals surface area contributed by atoms with Gasteiger partial charge in [-0.3, -0.25) is 9.48 Å². The van der Waals surface area contributed by atoms with Gasteiger partial charge in [0.05, 0.1) is 18.9 Å². The third-order valence-corrected chi connectivity index (χ3v) is 3.47. The monoisotopic (exact) mass is 276 g/mol. The van der Waals surface area contributed by atoms with Crippen LogP contribution in [-0.2, 0) is 0 Å². The van der Waals surface area contributed by atoms with E-state index in [1.807, 2.05) is 27.7 Å². The highest BCUT2D eigenvalue weighted by atomic mass is 16.5. The highest BCUT2D eigenvalue weighted by molar-refractivity contribution is 6.11. The number of nitrogens with zero attached hydrogens (tertiary/aromatic N) is 2. The molecule has 0 fully saturated rings. The van der Waals surface area contributed by atoms with Crippen LogP contribution in [-0.4, -0.2) is 22.7 Å². The number of ether oxygens (including phenoxy) is 1. The molecular formula is C15H20N2O3. The fraction of sp³-hybridized carbons (Fsp3) is 0.467. The number of aryl methyl sites for hydroxylation is 2. The maximum atomic E-state index is 12.9. The number of aromatic nitrogens is 2. The molecule has 2 aromatic heterocycles. The number of ketones is 1. The average molecular weight is 276 g/mol. The van der Waals surface area contributed by atoms with Crippen LogP contribution < -0.4 is 4.74 Å². The van der Waals surface area contributed by atoms with Gasteiger partial charge in [0.25, 0.3) is 0 Å². The number of hydrogen-bond acceptors (Lipinski definition) is 4. The van der Waals surface area contributed by atoms with Crippen molar-refractivity contribution in [1.29, 1.82) is 0 Å². The Kier molecular flexibility index (Phi) is 3.70. The van der Waals surface area contributed by atoms with Crippen LogP contribution in [0.5, 0.6) is 5.75 Å². The molecule has 0 saturated heterocycles. The molecular weight excluding hydrogens is 256 g/mol. The molecule has 0 saturated carbocycles. The summed E-state index contributed by atoms with van der Waals surface area (Å²) in [5, 5.41) is 4.24. The first kappa shape index (κ1) is 14.4. The van der Waals surface area contributed by atoms with Crippen molar-refractivity contribution in [3.05, 3.63) is 34.5 Å². The molecule has 0 unspecified atom stereocenters. The summed E-state index contributed by atoms with van der Waals surface area (Å²) < 4.78 is 12.5. The second-order valence-electron chi connectivity index (χ2n) is 5.14. The minimum absolute atomic E-state index is 0.0754. The van der Waals surface area contributed by atoms with Gasteiger partial charge in [-0.1, -0.05) is 0 Å². The lowest BCUT2D eigenvalue weighted by molar-refractivity contribution is 0.102. The van der Waals surface area contributed by atoms with Gasteiger partial charge in [0.2, 0.25) is 5.78 Å². The lowest BCUT2D eigenvalue weighted by Gasteiger charge is -2.11. The second kappa shape index (κ2) is 5.15. The molecule has 5 heteroatoms. The highest BCUT2D eigenvalue weighted by Crippen LogP contribution is 2.29. The Balaban J connectivity index is 2.61. The van der Waals surface area contributed by atoms with Gasteiger partial charge in [-0.05, 0) is 34.6 Å². The first-order valence-electron chi connectivity index (χ1n) is 6.61. The van der Waals surface area contributed by atoms with Gasteiger partial charge < -0.3 is 9.15 Å². The summed E-state index contributed by atoms with van der Waals surface area (Å²) in [6, 6.07) is 0.0754. The standard InChI is InChI=1S/C15H20N2O3/c1-8(2)17-14(12(19-6)7-16-17)15(18)13-9(3)10(4)20-11(13)5/h7-8H,1-6H3. The fourth-order valence-corrected chi connectivity index (χ4v) is 2.35. The van der Waals surface area contributed by atoms with Gasteiger partial charge in [-0.25, -0.2) is 0 Å². The summed E-state index contributed by atoms with van der Waals surface area (Å²) >= 11 is 0.